The number of rotatable bonds is 3. The normalized spacial score (nSPS) is 28.2. The molecule has 1 aliphatic heterocycles. The minimum absolute atomic E-state index is 0. The first-order valence-electron chi connectivity index (χ1n) is 6.44. The number of carbonyl (C=O) groups excluding carboxylic acids is 1. The number of likely N-dealkylation sites (tertiary alicyclic amines) is 1. The molecule has 0 aromatic rings. The fourth-order valence-corrected chi connectivity index (χ4v) is 2.31. The molecule has 0 spiro atoms. The van der Waals surface area contributed by atoms with Crippen LogP contribution in [0.15, 0.2) is 0 Å². The van der Waals surface area contributed by atoms with E-state index in [4.69, 9.17) is 5.73 Å². The van der Waals surface area contributed by atoms with Gasteiger partial charge in [0, 0.05) is 19.1 Å². The molecule has 1 heterocycles. The van der Waals surface area contributed by atoms with Crippen molar-refractivity contribution in [2.75, 3.05) is 13.1 Å². The van der Waals surface area contributed by atoms with Crippen LogP contribution in [0.2, 0.25) is 0 Å². The molecule has 3 unspecified atom stereocenters. The molecule has 3 atom stereocenters. The van der Waals surface area contributed by atoms with Crippen LogP contribution in [-0.4, -0.2) is 29.9 Å². The van der Waals surface area contributed by atoms with E-state index < -0.39 is 0 Å². The molecule has 0 radical (unpaired) electrons. The SMILES string of the molecule is CCC1(C)CCCN(C(=O)C(C)C(C)N)C1.Cl. The smallest absolute Gasteiger partial charge is 0.226 e. The molecule has 0 saturated carbocycles. The van der Waals surface area contributed by atoms with Crippen LogP contribution >= 0.6 is 12.4 Å². The third-order valence-electron chi connectivity index (χ3n) is 4.12. The monoisotopic (exact) mass is 262 g/mol. The summed E-state index contributed by atoms with van der Waals surface area (Å²) in [5.41, 5.74) is 6.11. The van der Waals surface area contributed by atoms with Gasteiger partial charge in [0.2, 0.25) is 5.91 Å². The molecular weight excluding hydrogens is 236 g/mol. The Bertz CT molecular complexity index is 258. The molecule has 0 bridgehead atoms. The third kappa shape index (κ3) is 4.14. The number of halogens is 1. The van der Waals surface area contributed by atoms with E-state index >= 15 is 0 Å². The average Bonchev–Trinajstić information content (AvgIpc) is 2.27. The molecule has 2 N–H and O–H groups in total. The number of amides is 1. The van der Waals surface area contributed by atoms with Crippen molar-refractivity contribution in [2.45, 2.75) is 53.0 Å². The van der Waals surface area contributed by atoms with Crippen molar-refractivity contribution in [3.05, 3.63) is 0 Å². The lowest BCUT2D eigenvalue weighted by molar-refractivity contribution is -0.138. The number of hydrogen-bond donors (Lipinski definition) is 1. The highest BCUT2D eigenvalue weighted by Gasteiger charge is 2.33. The second kappa shape index (κ2) is 6.60. The van der Waals surface area contributed by atoms with E-state index in [1.165, 1.54) is 6.42 Å². The molecule has 1 rings (SSSR count). The van der Waals surface area contributed by atoms with Crippen LogP contribution in [0.3, 0.4) is 0 Å². The zero-order chi connectivity index (χ0) is 12.3. The van der Waals surface area contributed by atoms with Crippen molar-refractivity contribution in [3.8, 4) is 0 Å². The maximum absolute atomic E-state index is 12.2. The molecule has 1 aliphatic rings. The van der Waals surface area contributed by atoms with Gasteiger partial charge in [-0.3, -0.25) is 4.79 Å². The predicted octanol–water partition coefficient (Wildman–Crippen LogP) is 2.43. The van der Waals surface area contributed by atoms with Crippen LogP contribution in [0.4, 0.5) is 0 Å². The summed E-state index contributed by atoms with van der Waals surface area (Å²) in [4.78, 5) is 14.2. The van der Waals surface area contributed by atoms with E-state index in [-0.39, 0.29) is 30.3 Å². The largest absolute Gasteiger partial charge is 0.342 e. The summed E-state index contributed by atoms with van der Waals surface area (Å²) < 4.78 is 0. The van der Waals surface area contributed by atoms with E-state index in [9.17, 15) is 4.79 Å². The second-order valence-electron chi connectivity index (χ2n) is 5.68. The van der Waals surface area contributed by atoms with Gasteiger partial charge in [-0.15, -0.1) is 12.4 Å². The summed E-state index contributed by atoms with van der Waals surface area (Å²) in [6, 6.07) is -0.0534. The van der Waals surface area contributed by atoms with Crippen molar-refractivity contribution >= 4 is 18.3 Å². The van der Waals surface area contributed by atoms with Gasteiger partial charge in [0.15, 0.2) is 0 Å². The number of hydrogen-bond acceptors (Lipinski definition) is 2. The molecule has 0 aromatic heterocycles. The minimum Gasteiger partial charge on any atom is -0.342 e. The molecule has 102 valence electrons. The molecule has 4 heteroatoms. The van der Waals surface area contributed by atoms with E-state index in [2.05, 4.69) is 13.8 Å². The molecule has 3 nitrogen and oxygen atoms in total. The number of nitrogens with zero attached hydrogens (tertiary/aromatic N) is 1. The van der Waals surface area contributed by atoms with E-state index in [1.54, 1.807) is 0 Å². The first-order valence-corrected chi connectivity index (χ1v) is 6.44. The highest BCUT2D eigenvalue weighted by molar-refractivity contribution is 5.85. The van der Waals surface area contributed by atoms with Crippen LogP contribution in [0.25, 0.3) is 0 Å². The zero-order valence-electron chi connectivity index (χ0n) is 11.5. The molecule has 0 aliphatic carbocycles. The van der Waals surface area contributed by atoms with Gasteiger partial charge in [0.25, 0.3) is 0 Å². The zero-order valence-corrected chi connectivity index (χ0v) is 12.3. The molecule has 0 aromatic carbocycles. The van der Waals surface area contributed by atoms with Gasteiger partial charge >= 0.3 is 0 Å². The topological polar surface area (TPSA) is 46.3 Å². The summed E-state index contributed by atoms with van der Waals surface area (Å²) in [6.07, 6.45) is 3.50. The fourth-order valence-electron chi connectivity index (χ4n) is 2.31. The Kier molecular flexibility index (Phi) is 6.49. The van der Waals surface area contributed by atoms with Crippen LogP contribution in [0.1, 0.15) is 47.0 Å². The van der Waals surface area contributed by atoms with Gasteiger partial charge in [-0.1, -0.05) is 20.8 Å². The lowest BCUT2D eigenvalue weighted by atomic mass is 9.79. The molecule has 1 amide bonds. The van der Waals surface area contributed by atoms with Gasteiger partial charge in [-0.2, -0.15) is 0 Å². The predicted molar refractivity (Wildman–Crippen MR) is 74.3 cm³/mol. The average molecular weight is 263 g/mol. The fraction of sp³-hybridized carbons (Fsp3) is 0.923. The highest BCUT2D eigenvalue weighted by atomic mass is 35.5. The van der Waals surface area contributed by atoms with Crippen LogP contribution in [0, 0.1) is 11.3 Å². The maximum Gasteiger partial charge on any atom is 0.226 e. The van der Waals surface area contributed by atoms with Gasteiger partial charge in [-0.05, 0) is 31.6 Å². The van der Waals surface area contributed by atoms with Gasteiger partial charge in [0.1, 0.15) is 0 Å². The van der Waals surface area contributed by atoms with E-state index in [0.717, 1.165) is 25.9 Å². The Balaban J connectivity index is 0.00000256. The first kappa shape index (κ1) is 16.7. The van der Waals surface area contributed by atoms with Crippen LogP contribution in [0.5, 0.6) is 0 Å². The van der Waals surface area contributed by atoms with Crippen molar-refractivity contribution in [1.82, 2.24) is 4.90 Å². The lowest BCUT2D eigenvalue weighted by Gasteiger charge is -2.41. The number of piperidine rings is 1. The summed E-state index contributed by atoms with van der Waals surface area (Å²) in [5.74, 6) is 0.175. The standard InChI is InChI=1S/C13H26N2O.ClH/c1-5-13(4)7-6-8-15(9-13)12(16)10(2)11(3)14;/h10-11H,5-9,14H2,1-4H3;1H. The second-order valence-corrected chi connectivity index (χ2v) is 5.68. The Morgan fingerprint density at radius 1 is 1.47 bits per heavy atom. The molecule has 17 heavy (non-hydrogen) atoms. The lowest BCUT2D eigenvalue weighted by Crippen LogP contribution is -2.49. The molecule has 1 fully saturated rings. The van der Waals surface area contributed by atoms with Crippen molar-refractivity contribution in [2.24, 2.45) is 17.1 Å². The minimum atomic E-state index is -0.0563. The van der Waals surface area contributed by atoms with Crippen molar-refractivity contribution < 1.29 is 4.79 Å². The Labute approximate surface area is 112 Å². The summed E-state index contributed by atoms with van der Waals surface area (Å²) in [5, 5.41) is 0. The third-order valence-corrected chi connectivity index (χ3v) is 4.12. The van der Waals surface area contributed by atoms with Gasteiger partial charge in [0.05, 0.1) is 5.92 Å². The van der Waals surface area contributed by atoms with Gasteiger partial charge in [-0.25, -0.2) is 0 Å². The first-order chi connectivity index (χ1) is 7.39. The Hall–Kier alpha value is -0.280. The maximum atomic E-state index is 12.2. The molecular formula is C13H27ClN2O. The Morgan fingerprint density at radius 2 is 2.06 bits per heavy atom. The number of carbonyl (C=O) groups is 1. The number of nitrogens with two attached hydrogens (primary N) is 1. The van der Waals surface area contributed by atoms with Crippen LogP contribution in [-0.2, 0) is 4.79 Å². The van der Waals surface area contributed by atoms with Gasteiger partial charge < -0.3 is 10.6 Å². The summed E-state index contributed by atoms with van der Waals surface area (Å²) in [6.45, 7) is 10.1. The highest BCUT2D eigenvalue weighted by Crippen LogP contribution is 2.33. The molecule has 1 saturated heterocycles. The van der Waals surface area contributed by atoms with Crippen molar-refractivity contribution in [1.29, 1.82) is 0 Å². The quantitative estimate of drug-likeness (QED) is 0.849. The van der Waals surface area contributed by atoms with Crippen molar-refractivity contribution in [3.63, 3.8) is 0 Å². The summed E-state index contributed by atoms with van der Waals surface area (Å²) >= 11 is 0. The summed E-state index contributed by atoms with van der Waals surface area (Å²) in [7, 11) is 0. The van der Waals surface area contributed by atoms with Crippen LogP contribution < -0.4 is 5.73 Å². The van der Waals surface area contributed by atoms with E-state index in [1.807, 2.05) is 18.7 Å². The Morgan fingerprint density at radius 3 is 2.53 bits per heavy atom. The van der Waals surface area contributed by atoms with E-state index in [0.29, 0.717) is 5.41 Å².